The molecule has 0 N–H and O–H groups in total. The van der Waals surface area contributed by atoms with Gasteiger partial charge in [-0.3, -0.25) is 0 Å². The third-order valence-electron chi connectivity index (χ3n) is 3.77. The van der Waals surface area contributed by atoms with Crippen molar-refractivity contribution in [1.82, 2.24) is 0 Å². The Hall–Kier alpha value is -0.300. The lowest BCUT2D eigenvalue weighted by Gasteiger charge is -2.08. The van der Waals surface area contributed by atoms with Gasteiger partial charge >= 0.3 is 0 Å². The van der Waals surface area contributed by atoms with Crippen LogP contribution in [0.3, 0.4) is 0 Å². The van der Waals surface area contributed by atoms with Gasteiger partial charge in [0, 0.05) is 7.11 Å². The fraction of sp³-hybridized carbons (Fsp3) is 0.833. The van der Waals surface area contributed by atoms with E-state index >= 15 is 0 Å². The summed E-state index contributed by atoms with van der Waals surface area (Å²) in [5.41, 5.74) is 0. The molecule has 1 unspecified atom stereocenters. The van der Waals surface area contributed by atoms with Gasteiger partial charge in [-0.15, -0.1) is 6.58 Å². The summed E-state index contributed by atoms with van der Waals surface area (Å²) in [5, 5.41) is 0. The van der Waals surface area contributed by atoms with Crippen molar-refractivity contribution in [2.45, 2.75) is 89.6 Å². The van der Waals surface area contributed by atoms with Crippen LogP contribution in [0, 0.1) is 6.92 Å². The van der Waals surface area contributed by atoms with Crippen LogP contribution < -0.4 is 0 Å². The molecule has 1 atom stereocenters. The Balaban J connectivity index is 2.97. The van der Waals surface area contributed by atoms with Crippen LogP contribution in [-0.2, 0) is 4.74 Å². The van der Waals surface area contributed by atoms with Crippen LogP contribution >= 0.6 is 0 Å². The third-order valence-corrected chi connectivity index (χ3v) is 3.77. The van der Waals surface area contributed by atoms with Crippen molar-refractivity contribution in [3.63, 3.8) is 0 Å². The normalized spacial score (nSPS) is 12.5. The van der Waals surface area contributed by atoms with Crippen LogP contribution in [0.1, 0.15) is 83.5 Å². The molecule has 19 heavy (non-hydrogen) atoms. The second-order valence-electron chi connectivity index (χ2n) is 5.61. The van der Waals surface area contributed by atoms with Gasteiger partial charge < -0.3 is 4.74 Å². The lowest BCUT2D eigenvalue weighted by Crippen LogP contribution is -2.04. The van der Waals surface area contributed by atoms with Crippen LogP contribution in [0.2, 0.25) is 0 Å². The van der Waals surface area contributed by atoms with Crippen LogP contribution in [0.4, 0.5) is 0 Å². The minimum absolute atomic E-state index is 0.195. The molecular formula is C18H35O. The number of methoxy groups -OCH3 is 1. The number of rotatable bonds is 15. The van der Waals surface area contributed by atoms with E-state index in [2.05, 4.69) is 13.5 Å². The number of hydrogen-bond acceptors (Lipinski definition) is 1. The molecule has 0 aromatic carbocycles. The van der Waals surface area contributed by atoms with E-state index in [9.17, 15) is 0 Å². The minimum Gasteiger partial charge on any atom is -0.381 e. The van der Waals surface area contributed by atoms with E-state index in [1.54, 1.807) is 7.11 Å². The summed E-state index contributed by atoms with van der Waals surface area (Å²) < 4.78 is 5.14. The summed E-state index contributed by atoms with van der Waals surface area (Å²) in [4.78, 5) is 0. The molecule has 0 aliphatic heterocycles. The lowest BCUT2D eigenvalue weighted by atomic mass is 10.0. The zero-order chi connectivity index (χ0) is 14.2. The van der Waals surface area contributed by atoms with Gasteiger partial charge in [0.2, 0.25) is 0 Å². The Bertz CT molecular complexity index is 177. The van der Waals surface area contributed by atoms with Crippen LogP contribution in [0.15, 0.2) is 12.7 Å². The minimum atomic E-state index is 0.195. The Morgan fingerprint density at radius 3 is 1.63 bits per heavy atom. The first kappa shape index (κ1) is 18.7. The van der Waals surface area contributed by atoms with Crippen molar-refractivity contribution in [3.05, 3.63) is 19.6 Å². The smallest absolute Gasteiger partial charge is 0.0572 e. The van der Waals surface area contributed by atoms with Crippen molar-refractivity contribution in [2.24, 2.45) is 0 Å². The highest BCUT2D eigenvalue weighted by Gasteiger charge is 1.98. The molecule has 113 valence electrons. The van der Waals surface area contributed by atoms with E-state index in [1.807, 2.05) is 6.08 Å². The van der Waals surface area contributed by atoms with Gasteiger partial charge in [0.05, 0.1) is 6.10 Å². The maximum absolute atomic E-state index is 5.14. The number of allylic oxidation sites excluding steroid dienone is 1. The van der Waals surface area contributed by atoms with Crippen molar-refractivity contribution >= 4 is 0 Å². The Morgan fingerprint density at radius 2 is 1.21 bits per heavy atom. The van der Waals surface area contributed by atoms with E-state index in [1.165, 1.54) is 77.0 Å². The molecule has 0 aliphatic rings. The molecule has 1 nitrogen and oxygen atoms in total. The molecule has 0 heterocycles. The van der Waals surface area contributed by atoms with Gasteiger partial charge in [-0.1, -0.05) is 70.3 Å². The highest BCUT2D eigenvalue weighted by atomic mass is 16.5. The highest BCUT2D eigenvalue weighted by Crippen LogP contribution is 2.13. The molecule has 1 radical (unpaired) electrons. The largest absolute Gasteiger partial charge is 0.381 e. The molecule has 0 aromatic heterocycles. The van der Waals surface area contributed by atoms with Crippen molar-refractivity contribution < 1.29 is 4.74 Å². The highest BCUT2D eigenvalue weighted by molar-refractivity contribution is 4.65. The summed E-state index contributed by atoms with van der Waals surface area (Å²) in [7, 11) is 1.75. The molecule has 0 amide bonds. The molecule has 0 spiro atoms. The molecule has 0 saturated carbocycles. The zero-order valence-corrected chi connectivity index (χ0v) is 13.2. The summed E-state index contributed by atoms with van der Waals surface area (Å²) in [6.07, 6.45) is 19.8. The second kappa shape index (κ2) is 15.8. The van der Waals surface area contributed by atoms with E-state index < -0.39 is 0 Å². The molecule has 1 heteroatoms. The monoisotopic (exact) mass is 267 g/mol. The standard InChI is InChI=1S/C18H35O/c1-4-5-6-7-8-9-10-11-12-13-14-15-16-17-18(2)19-3/h4,18H,1-2,5-17H2,3H3. The first-order valence-electron chi connectivity index (χ1n) is 8.28. The molecule has 0 bridgehead atoms. The fourth-order valence-corrected chi connectivity index (χ4v) is 2.37. The molecule has 0 fully saturated rings. The summed E-state index contributed by atoms with van der Waals surface area (Å²) in [6, 6.07) is 0. The predicted octanol–water partition coefficient (Wildman–Crippen LogP) is 6.09. The zero-order valence-electron chi connectivity index (χ0n) is 13.2. The first-order valence-corrected chi connectivity index (χ1v) is 8.28. The van der Waals surface area contributed by atoms with Gasteiger partial charge in [0.25, 0.3) is 0 Å². The maximum atomic E-state index is 5.14. The Kier molecular flexibility index (Phi) is 15.5. The van der Waals surface area contributed by atoms with E-state index in [0.717, 1.165) is 6.42 Å². The van der Waals surface area contributed by atoms with Gasteiger partial charge in [-0.25, -0.2) is 0 Å². The summed E-state index contributed by atoms with van der Waals surface area (Å²) in [6.45, 7) is 7.68. The fourth-order valence-electron chi connectivity index (χ4n) is 2.37. The molecule has 0 aromatic rings. The molecular weight excluding hydrogens is 232 g/mol. The van der Waals surface area contributed by atoms with E-state index in [0.29, 0.717) is 0 Å². The molecule has 0 saturated heterocycles. The first-order chi connectivity index (χ1) is 9.31. The van der Waals surface area contributed by atoms with Crippen molar-refractivity contribution in [2.75, 3.05) is 7.11 Å². The maximum Gasteiger partial charge on any atom is 0.0572 e. The quantitative estimate of drug-likeness (QED) is 0.257. The number of unbranched alkanes of at least 4 members (excludes halogenated alkanes) is 11. The summed E-state index contributed by atoms with van der Waals surface area (Å²) >= 11 is 0. The number of ether oxygens (including phenoxy) is 1. The SMILES string of the molecule is [CH2]C(CCCCCCCCCCCCCC=C)OC. The molecule has 0 rings (SSSR count). The lowest BCUT2D eigenvalue weighted by molar-refractivity contribution is 0.128. The van der Waals surface area contributed by atoms with Crippen molar-refractivity contribution in [1.29, 1.82) is 0 Å². The van der Waals surface area contributed by atoms with Gasteiger partial charge in [-0.05, 0) is 26.2 Å². The average Bonchev–Trinajstić information content (AvgIpc) is 2.43. The van der Waals surface area contributed by atoms with Crippen LogP contribution in [-0.4, -0.2) is 13.2 Å². The predicted molar refractivity (Wildman–Crippen MR) is 86.4 cm³/mol. The second-order valence-corrected chi connectivity index (χ2v) is 5.61. The topological polar surface area (TPSA) is 9.23 Å². The Labute approximate surface area is 121 Å². The van der Waals surface area contributed by atoms with Gasteiger partial charge in [0.1, 0.15) is 0 Å². The third kappa shape index (κ3) is 15.6. The number of hydrogen-bond donors (Lipinski definition) is 0. The van der Waals surface area contributed by atoms with Gasteiger partial charge in [0.15, 0.2) is 0 Å². The van der Waals surface area contributed by atoms with Gasteiger partial charge in [-0.2, -0.15) is 0 Å². The average molecular weight is 267 g/mol. The van der Waals surface area contributed by atoms with Crippen LogP contribution in [0.25, 0.3) is 0 Å². The van der Waals surface area contributed by atoms with Crippen LogP contribution in [0.5, 0.6) is 0 Å². The van der Waals surface area contributed by atoms with E-state index in [4.69, 9.17) is 4.74 Å². The van der Waals surface area contributed by atoms with Crippen molar-refractivity contribution in [3.8, 4) is 0 Å². The summed E-state index contributed by atoms with van der Waals surface area (Å²) in [5.74, 6) is 0. The van der Waals surface area contributed by atoms with E-state index in [-0.39, 0.29) is 6.10 Å². The molecule has 0 aliphatic carbocycles. The Morgan fingerprint density at radius 1 is 0.789 bits per heavy atom.